The highest BCUT2D eigenvalue weighted by Gasteiger charge is 2.54. The van der Waals surface area contributed by atoms with E-state index in [2.05, 4.69) is 19.2 Å². The van der Waals surface area contributed by atoms with Gasteiger partial charge >= 0.3 is 0 Å². The van der Waals surface area contributed by atoms with Gasteiger partial charge in [-0.1, -0.05) is 399 Å². The molecule has 106 heavy (non-hydrogen) atoms. The van der Waals surface area contributed by atoms with Crippen molar-refractivity contribution in [2.45, 2.75) is 523 Å². The van der Waals surface area contributed by atoms with Crippen molar-refractivity contribution < 1.29 is 89.4 Å². The molecule has 0 aromatic carbocycles. The molecule has 3 saturated heterocycles. The average molecular weight is 1520 g/mol. The predicted molar refractivity (Wildman–Crippen MR) is 425 cm³/mol. The molecular formula is C87H169NO18. The van der Waals surface area contributed by atoms with Gasteiger partial charge in [-0.15, -0.1) is 0 Å². The number of carbonyl (C=O) groups excluding carboxylic acids is 1. The molecule has 19 heteroatoms. The average Bonchev–Trinajstić information content (AvgIpc) is 0.779. The van der Waals surface area contributed by atoms with Crippen molar-refractivity contribution in [2.24, 2.45) is 0 Å². The maximum absolute atomic E-state index is 13.5. The number of aliphatic hydroxyl groups excluding tert-OH is 11. The molecule has 0 aromatic rings. The van der Waals surface area contributed by atoms with Crippen molar-refractivity contribution >= 4 is 5.91 Å². The molecule has 12 N–H and O–H groups in total. The van der Waals surface area contributed by atoms with Gasteiger partial charge in [-0.2, -0.15) is 0 Å². The van der Waals surface area contributed by atoms with E-state index < -0.39 is 124 Å². The lowest BCUT2D eigenvalue weighted by Crippen LogP contribution is -2.66. The van der Waals surface area contributed by atoms with Gasteiger partial charge < -0.3 is 89.9 Å². The zero-order valence-corrected chi connectivity index (χ0v) is 68.0. The van der Waals surface area contributed by atoms with E-state index in [-0.39, 0.29) is 18.9 Å². The zero-order valence-electron chi connectivity index (χ0n) is 68.0. The molecule has 3 fully saturated rings. The van der Waals surface area contributed by atoms with Crippen LogP contribution in [-0.2, 0) is 33.2 Å². The molecule has 630 valence electrons. The quantitative estimate of drug-likeness (QED) is 0.0252. The minimum Gasteiger partial charge on any atom is -0.394 e. The van der Waals surface area contributed by atoms with Crippen molar-refractivity contribution in [3.8, 4) is 0 Å². The highest BCUT2D eigenvalue weighted by molar-refractivity contribution is 5.76. The van der Waals surface area contributed by atoms with Crippen molar-refractivity contribution in [3.05, 3.63) is 0 Å². The number of hydrogen-bond donors (Lipinski definition) is 12. The summed E-state index contributed by atoms with van der Waals surface area (Å²) in [5.74, 6) is -0.231. The lowest BCUT2D eigenvalue weighted by Gasteiger charge is -2.48. The summed E-state index contributed by atoms with van der Waals surface area (Å²) in [6.07, 6.45) is 55.1. The normalized spacial score (nSPS) is 25.5. The van der Waals surface area contributed by atoms with Crippen LogP contribution in [0.3, 0.4) is 0 Å². The fourth-order valence-corrected chi connectivity index (χ4v) is 16.0. The van der Waals surface area contributed by atoms with Gasteiger partial charge in [0.05, 0.1) is 38.6 Å². The van der Waals surface area contributed by atoms with Gasteiger partial charge in [0.15, 0.2) is 18.9 Å². The van der Waals surface area contributed by atoms with Crippen LogP contribution in [0, 0.1) is 0 Å². The van der Waals surface area contributed by atoms with Crippen LogP contribution in [0.25, 0.3) is 0 Å². The summed E-state index contributed by atoms with van der Waals surface area (Å²) in [6, 6.07) is -0.884. The molecule has 0 radical (unpaired) electrons. The van der Waals surface area contributed by atoms with Crippen LogP contribution in [0.4, 0.5) is 0 Å². The van der Waals surface area contributed by atoms with Gasteiger partial charge in [-0.25, -0.2) is 0 Å². The first-order chi connectivity index (χ1) is 51.8. The highest BCUT2D eigenvalue weighted by atomic mass is 16.8. The summed E-state index contributed by atoms with van der Waals surface area (Å²) in [6.45, 7) is 1.89. The molecule has 0 saturated carbocycles. The molecule has 0 spiro atoms. The van der Waals surface area contributed by atoms with Crippen molar-refractivity contribution in [3.63, 3.8) is 0 Å². The first-order valence-electron chi connectivity index (χ1n) is 45.3. The number of aliphatic hydroxyl groups is 11. The standard InChI is InChI=1S/C87H169NO18/c1-3-5-7-9-11-13-15-17-19-21-23-25-27-29-31-32-33-34-35-36-37-38-39-41-43-45-47-49-51-53-55-57-59-61-63-65-75(93)88-70(71(92)64-62-60-58-56-54-52-50-48-46-44-42-40-30-28-26-24-22-20-18-16-14-12-10-8-6-4-2)69-101-85-81(99)78(96)83(73(67-90)103-85)106-87-82(100)79(97)84(74(68-91)104-87)105-86-80(98)77(95)76(94)72(66-89)102-86/h70-74,76-87,89-92,94-100H,3-69H2,1-2H3,(H,88,93). The van der Waals surface area contributed by atoms with Gasteiger partial charge in [-0.3, -0.25) is 4.79 Å². The molecule has 1 amide bonds. The molecule has 0 aliphatic carbocycles. The zero-order chi connectivity index (χ0) is 76.7. The van der Waals surface area contributed by atoms with Crippen LogP contribution < -0.4 is 5.32 Å². The number of unbranched alkanes of at least 4 members (excludes halogenated alkanes) is 59. The summed E-state index contributed by atoms with van der Waals surface area (Å²) in [7, 11) is 0. The van der Waals surface area contributed by atoms with E-state index in [1.54, 1.807) is 0 Å². The second kappa shape index (κ2) is 68.2. The van der Waals surface area contributed by atoms with Crippen LogP contribution in [0.2, 0.25) is 0 Å². The first-order valence-corrected chi connectivity index (χ1v) is 45.3. The molecule has 19 nitrogen and oxygen atoms in total. The van der Waals surface area contributed by atoms with E-state index in [1.807, 2.05) is 0 Å². The van der Waals surface area contributed by atoms with Gasteiger partial charge in [-0.05, 0) is 12.8 Å². The number of carbonyl (C=O) groups is 1. The first kappa shape index (κ1) is 99.0. The Morgan fingerprint density at radius 2 is 0.538 bits per heavy atom. The lowest BCUT2D eigenvalue weighted by molar-refractivity contribution is -0.379. The Kier molecular flexibility index (Phi) is 63.7. The molecular weight excluding hydrogens is 1350 g/mol. The molecule has 17 atom stereocenters. The fourth-order valence-electron chi connectivity index (χ4n) is 16.0. The van der Waals surface area contributed by atoms with E-state index in [9.17, 15) is 61.0 Å². The van der Waals surface area contributed by atoms with Crippen LogP contribution >= 0.6 is 0 Å². The molecule has 3 heterocycles. The van der Waals surface area contributed by atoms with Crippen molar-refractivity contribution in [1.82, 2.24) is 5.32 Å². The molecule has 17 unspecified atom stereocenters. The number of amides is 1. The second-order valence-electron chi connectivity index (χ2n) is 32.8. The number of rotatable bonds is 75. The largest absolute Gasteiger partial charge is 0.394 e. The van der Waals surface area contributed by atoms with Crippen molar-refractivity contribution in [1.29, 1.82) is 0 Å². The topological polar surface area (TPSA) is 307 Å². The van der Waals surface area contributed by atoms with E-state index in [0.29, 0.717) is 12.8 Å². The molecule has 3 aliphatic rings. The minimum absolute atomic E-state index is 0.231. The van der Waals surface area contributed by atoms with Crippen LogP contribution in [0.1, 0.15) is 418 Å². The Morgan fingerprint density at radius 3 is 0.821 bits per heavy atom. The second-order valence-corrected chi connectivity index (χ2v) is 32.8. The molecule has 0 bridgehead atoms. The summed E-state index contributed by atoms with van der Waals surface area (Å²) in [4.78, 5) is 13.5. The number of ether oxygens (including phenoxy) is 6. The summed E-state index contributed by atoms with van der Waals surface area (Å²) < 4.78 is 34.6. The minimum atomic E-state index is -1.97. The van der Waals surface area contributed by atoms with Gasteiger partial charge in [0, 0.05) is 6.42 Å². The Labute approximate surface area is 646 Å². The van der Waals surface area contributed by atoms with Gasteiger partial charge in [0.2, 0.25) is 5.91 Å². The third-order valence-electron chi connectivity index (χ3n) is 23.2. The van der Waals surface area contributed by atoms with Crippen LogP contribution in [0.5, 0.6) is 0 Å². The maximum Gasteiger partial charge on any atom is 0.220 e. The Hall–Kier alpha value is -1.21. The third kappa shape index (κ3) is 46.8. The van der Waals surface area contributed by atoms with Gasteiger partial charge in [0.1, 0.15) is 73.2 Å². The summed E-state index contributed by atoms with van der Waals surface area (Å²) >= 11 is 0. The summed E-state index contributed by atoms with van der Waals surface area (Å²) in [5.41, 5.74) is 0. The van der Waals surface area contributed by atoms with Gasteiger partial charge in [0.25, 0.3) is 0 Å². The Balaban J connectivity index is 1.31. The molecule has 3 aliphatic heterocycles. The van der Waals surface area contributed by atoms with E-state index in [0.717, 1.165) is 44.9 Å². The highest BCUT2D eigenvalue weighted by Crippen LogP contribution is 2.34. The molecule has 0 aromatic heterocycles. The number of hydrogen-bond acceptors (Lipinski definition) is 18. The Morgan fingerprint density at radius 1 is 0.302 bits per heavy atom. The van der Waals surface area contributed by atoms with E-state index in [1.165, 1.54) is 340 Å². The lowest BCUT2D eigenvalue weighted by atomic mass is 9.96. The SMILES string of the molecule is CCCCCCCCCCCCCCCCCCCCCCCCCCCCCCCCCCCCCC(=O)NC(COC1OC(CO)C(OC2OC(CO)C(OC3OC(CO)C(O)C(O)C3O)C(O)C2O)C(O)C1O)C(O)CCCCCCCCCCCCCCCCCCCCCCCCCCCC. The third-order valence-corrected chi connectivity index (χ3v) is 23.2. The van der Waals surface area contributed by atoms with Crippen LogP contribution in [0.15, 0.2) is 0 Å². The summed E-state index contributed by atoms with van der Waals surface area (Å²) in [5, 5.41) is 121. The van der Waals surface area contributed by atoms with E-state index >= 15 is 0 Å². The fraction of sp³-hybridized carbons (Fsp3) is 0.989. The molecule has 3 rings (SSSR count). The number of nitrogens with one attached hydrogen (secondary N) is 1. The van der Waals surface area contributed by atoms with E-state index in [4.69, 9.17) is 28.4 Å². The smallest absolute Gasteiger partial charge is 0.220 e. The monoisotopic (exact) mass is 1520 g/mol. The van der Waals surface area contributed by atoms with Crippen molar-refractivity contribution in [2.75, 3.05) is 26.4 Å². The van der Waals surface area contributed by atoms with Crippen LogP contribution in [-0.4, -0.2) is 193 Å². The predicted octanol–water partition coefficient (Wildman–Crippen LogP) is 16.9. The maximum atomic E-state index is 13.5. The Bertz CT molecular complexity index is 1910.